The molecular weight excluding hydrogens is 476 g/mol. The molecule has 5 rings (SSSR count). The number of nitrogens with zero attached hydrogens (tertiary/aromatic N) is 3. The second-order valence-electron chi connectivity index (χ2n) is 9.50. The monoisotopic (exact) mass is 510 g/mol. The highest BCUT2D eigenvalue weighted by Crippen LogP contribution is 2.42. The van der Waals surface area contributed by atoms with E-state index in [4.69, 9.17) is 4.74 Å². The van der Waals surface area contributed by atoms with Gasteiger partial charge in [-0.3, -0.25) is 14.5 Å². The van der Waals surface area contributed by atoms with Gasteiger partial charge in [0.15, 0.2) is 0 Å². The second kappa shape index (κ2) is 11.1. The minimum atomic E-state index is -0.0854. The third-order valence-electron chi connectivity index (χ3n) is 6.91. The summed E-state index contributed by atoms with van der Waals surface area (Å²) in [5.41, 5.74) is 6.40. The molecule has 0 aliphatic heterocycles. The minimum absolute atomic E-state index is 0.0854. The first-order valence-corrected chi connectivity index (χ1v) is 13.2. The number of aromatic nitrogens is 4. The number of likely N-dealkylation sites (N-methyl/N-ethyl adjacent to an activating group) is 1. The van der Waals surface area contributed by atoms with E-state index in [1.165, 1.54) is 0 Å². The van der Waals surface area contributed by atoms with Gasteiger partial charge in [0.25, 0.3) is 5.91 Å². The molecule has 2 aromatic carbocycles. The highest BCUT2D eigenvalue weighted by atomic mass is 16.5. The molecule has 5 aromatic rings. The summed E-state index contributed by atoms with van der Waals surface area (Å²) in [7, 11) is 3.77. The van der Waals surface area contributed by atoms with Crippen molar-refractivity contribution in [1.29, 1.82) is 0 Å². The Kier molecular flexibility index (Phi) is 7.42. The van der Waals surface area contributed by atoms with Crippen molar-refractivity contribution >= 4 is 27.7 Å². The fraction of sp³-hybridized carbons (Fsp3) is 0.300. The standard InChI is InChI=1S/C30H34N6O2/c1-5-22(6-2)38-27-12-11-24-29(23-15-25(33-17-26(23)35-24)21-16-34-36(4)18-21)28(27)19-7-9-20(10-8-19)30(37)32-14-13-31-3/h7-12,15-18,22,31,35H,5-6,13-14H2,1-4H3,(H,32,37). The van der Waals surface area contributed by atoms with Gasteiger partial charge in [-0.15, -0.1) is 0 Å². The normalized spacial score (nSPS) is 11.5. The van der Waals surface area contributed by atoms with Crippen LogP contribution in [0.25, 0.3) is 44.2 Å². The summed E-state index contributed by atoms with van der Waals surface area (Å²) in [5.74, 6) is 0.746. The maximum absolute atomic E-state index is 12.6. The number of aryl methyl sites for hydroxylation is 1. The van der Waals surface area contributed by atoms with Crippen LogP contribution in [-0.2, 0) is 7.05 Å². The molecule has 8 heteroatoms. The van der Waals surface area contributed by atoms with E-state index in [9.17, 15) is 4.79 Å². The number of rotatable bonds is 10. The van der Waals surface area contributed by atoms with Gasteiger partial charge in [0, 0.05) is 59.3 Å². The predicted octanol–water partition coefficient (Wildman–Crippen LogP) is 5.30. The predicted molar refractivity (Wildman–Crippen MR) is 152 cm³/mol. The molecule has 8 nitrogen and oxygen atoms in total. The Hall–Kier alpha value is -4.17. The first-order valence-electron chi connectivity index (χ1n) is 13.2. The van der Waals surface area contributed by atoms with Crippen molar-refractivity contribution in [3.63, 3.8) is 0 Å². The molecule has 196 valence electrons. The molecule has 0 bridgehead atoms. The number of hydrogen-bond acceptors (Lipinski definition) is 5. The number of ether oxygens (including phenoxy) is 1. The number of amides is 1. The number of fused-ring (bicyclic) bond motifs is 3. The molecule has 3 heterocycles. The van der Waals surface area contributed by atoms with Gasteiger partial charge in [-0.25, -0.2) is 0 Å². The Bertz CT molecular complexity index is 1560. The highest BCUT2D eigenvalue weighted by molar-refractivity contribution is 6.16. The number of pyridine rings is 1. The molecule has 0 radical (unpaired) electrons. The first-order chi connectivity index (χ1) is 18.5. The molecule has 38 heavy (non-hydrogen) atoms. The summed E-state index contributed by atoms with van der Waals surface area (Å²) in [6.07, 6.45) is 7.62. The number of benzene rings is 2. The van der Waals surface area contributed by atoms with E-state index in [2.05, 4.69) is 51.7 Å². The molecule has 1 amide bonds. The van der Waals surface area contributed by atoms with Crippen molar-refractivity contribution in [3.8, 4) is 28.1 Å². The SMILES string of the molecule is CCC(CC)Oc1ccc2[nH]c3cnc(-c4cnn(C)c4)cc3c2c1-c1ccc(C(=O)NCCNC)cc1. The fourth-order valence-corrected chi connectivity index (χ4v) is 4.80. The molecule has 0 aliphatic carbocycles. The molecule has 0 aliphatic rings. The van der Waals surface area contributed by atoms with Gasteiger partial charge in [0.05, 0.1) is 29.7 Å². The quantitative estimate of drug-likeness (QED) is 0.222. The van der Waals surface area contributed by atoms with Gasteiger partial charge in [-0.1, -0.05) is 26.0 Å². The second-order valence-corrected chi connectivity index (χ2v) is 9.50. The van der Waals surface area contributed by atoms with Crippen molar-refractivity contribution < 1.29 is 9.53 Å². The summed E-state index contributed by atoms with van der Waals surface area (Å²) in [4.78, 5) is 20.8. The average molecular weight is 511 g/mol. The molecule has 0 saturated heterocycles. The van der Waals surface area contributed by atoms with E-state index >= 15 is 0 Å². The van der Waals surface area contributed by atoms with E-state index in [-0.39, 0.29) is 12.0 Å². The minimum Gasteiger partial charge on any atom is -0.490 e. The molecule has 0 fully saturated rings. The van der Waals surface area contributed by atoms with Crippen molar-refractivity contribution in [2.75, 3.05) is 20.1 Å². The zero-order chi connectivity index (χ0) is 26.6. The molecule has 0 unspecified atom stereocenters. The van der Waals surface area contributed by atoms with Crippen molar-refractivity contribution in [2.24, 2.45) is 7.05 Å². The Balaban J connectivity index is 1.66. The Morgan fingerprint density at radius 3 is 2.50 bits per heavy atom. The van der Waals surface area contributed by atoms with E-state index in [1.807, 2.05) is 63.0 Å². The van der Waals surface area contributed by atoms with Gasteiger partial charge >= 0.3 is 0 Å². The van der Waals surface area contributed by atoms with E-state index in [0.29, 0.717) is 12.1 Å². The van der Waals surface area contributed by atoms with Gasteiger partial charge < -0.3 is 20.4 Å². The number of carbonyl (C=O) groups is 1. The van der Waals surface area contributed by atoms with Crippen LogP contribution in [0, 0.1) is 0 Å². The number of nitrogens with one attached hydrogen (secondary N) is 3. The molecule has 3 aromatic heterocycles. The van der Waals surface area contributed by atoms with E-state index in [0.717, 1.165) is 69.3 Å². The average Bonchev–Trinajstić information content (AvgIpc) is 3.54. The summed E-state index contributed by atoms with van der Waals surface area (Å²) in [6.45, 7) is 5.59. The number of hydrogen-bond donors (Lipinski definition) is 3. The number of carbonyl (C=O) groups excluding carboxylic acids is 1. The van der Waals surface area contributed by atoms with Crippen LogP contribution < -0.4 is 15.4 Å². The topological polar surface area (TPSA) is 96.9 Å². The smallest absolute Gasteiger partial charge is 0.251 e. The first kappa shape index (κ1) is 25.5. The molecule has 0 atom stereocenters. The van der Waals surface area contributed by atoms with Crippen LogP contribution in [0.15, 0.2) is 61.1 Å². The lowest BCUT2D eigenvalue weighted by Crippen LogP contribution is -2.30. The van der Waals surface area contributed by atoms with Crippen LogP contribution in [0.2, 0.25) is 0 Å². The maximum Gasteiger partial charge on any atom is 0.251 e. The van der Waals surface area contributed by atoms with Crippen molar-refractivity contribution in [1.82, 2.24) is 30.4 Å². The third-order valence-corrected chi connectivity index (χ3v) is 6.91. The lowest BCUT2D eigenvalue weighted by molar-refractivity contribution is 0.0954. The number of aromatic amines is 1. The van der Waals surface area contributed by atoms with Gasteiger partial charge in [0.2, 0.25) is 0 Å². The van der Waals surface area contributed by atoms with Crippen LogP contribution >= 0.6 is 0 Å². The summed E-state index contributed by atoms with van der Waals surface area (Å²) >= 11 is 0. The van der Waals surface area contributed by atoms with E-state index < -0.39 is 0 Å². The highest BCUT2D eigenvalue weighted by Gasteiger charge is 2.19. The maximum atomic E-state index is 12.6. The van der Waals surface area contributed by atoms with Crippen molar-refractivity contribution in [2.45, 2.75) is 32.8 Å². The lowest BCUT2D eigenvalue weighted by atomic mass is 9.97. The van der Waals surface area contributed by atoms with Crippen molar-refractivity contribution in [3.05, 3.63) is 66.6 Å². The fourth-order valence-electron chi connectivity index (χ4n) is 4.80. The molecule has 0 spiro atoms. The van der Waals surface area contributed by atoms with Crippen LogP contribution in [0.5, 0.6) is 5.75 Å². The summed E-state index contributed by atoms with van der Waals surface area (Å²) < 4.78 is 8.33. The zero-order valence-electron chi connectivity index (χ0n) is 22.3. The van der Waals surface area contributed by atoms with Crippen LogP contribution in [0.3, 0.4) is 0 Å². The van der Waals surface area contributed by atoms with Crippen LogP contribution in [0.4, 0.5) is 0 Å². The molecular formula is C30H34N6O2. The largest absolute Gasteiger partial charge is 0.490 e. The Morgan fingerprint density at radius 2 is 1.82 bits per heavy atom. The summed E-state index contributed by atoms with van der Waals surface area (Å²) in [5, 5.41) is 12.4. The zero-order valence-corrected chi connectivity index (χ0v) is 22.3. The third kappa shape index (κ3) is 4.99. The molecule has 3 N–H and O–H groups in total. The van der Waals surface area contributed by atoms with Crippen LogP contribution in [-0.4, -0.2) is 51.9 Å². The van der Waals surface area contributed by atoms with Gasteiger partial charge in [0.1, 0.15) is 5.75 Å². The van der Waals surface area contributed by atoms with Gasteiger partial charge in [-0.05, 0) is 55.8 Å². The lowest BCUT2D eigenvalue weighted by Gasteiger charge is -2.20. The van der Waals surface area contributed by atoms with Gasteiger partial charge in [-0.2, -0.15) is 5.10 Å². The Morgan fingerprint density at radius 1 is 1.03 bits per heavy atom. The number of H-pyrrole nitrogens is 1. The Labute approximate surface area is 222 Å². The summed E-state index contributed by atoms with van der Waals surface area (Å²) in [6, 6.07) is 14.0. The molecule has 0 saturated carbocycles. The van der Waals surface area contributed by atoms with Crippen LogP contribution in [0.1, 0.15) is 37.0 Å². The van der Waals surface area contributed by atoms with E-state index in [1.54, 1.807) is 4.68 Å².